The number of hydrogen-bond donors (Lipinski definition) is 0. The van der Waals surface area contributed by atoms with Crippen molar-refractivity contribution in [2.45, 2.75) is 19.5 Å². The highest BCUT2D eigenvalue weighted by molar-refractivity contribution is 14.1. The molecule has 2 aliphatic heterocycles. The summed E-state index contributed by atoms with van der Waals surface area (Å²) in [5, 5.41) is 0. The van der Waals surface area contributed by atoms with Crippen LogP contribution in [0.3, 0.4) is 0 Å². The first kappa shape index (κ1) is 13.4. The second kappa shape index (κ2) is 5.17. The Morgan fingerprint density at radius 1 is 1.38 bits per heavy atom. The van der Waals surface area contributed by atoms with E-state index in [1.54, 1.807) is 0 Å². The van der Waals surface area contributed by atoms with Crippen molar-refractivity contribution in [2.24, 2.45) is 0 Å². The SMILES string of the molecule is C[C@@H]1COCN1c1cn2c(n1)-c1ccc(I)cc1OCC2. The molecule has 0 radical (unpaired) electrons. The van der Waals surface area contributed by atoms with Crippen molar-refractivity contribution in [3.05, 3.63) is 28.0 Å². The molecular formula is C15H16IN3O2. The lowest BCUT2D eigenvalue weighted by atomic mass is 10.2. The largest absolute Gasteiger partial charge is 0.491 e. The summed E-state index contributed by atoms with van der Waals surface area (Å²) in [6.45, 7) is 5.03. The minimum atomic E-state index is 0.372. The lowest BCUT2D eigenvalue weighted by Gasteiger charge is -2.17. The zero-order valence-electron chi connectivity index (χ0n) is 11.8. The summed E-state index contributed by atoms with van der Waals surface area (Å²) < 4.78 is 14.7. The van der Waals surface area contributed by atoms with Gasteiger partial charge in [-0.1, -0.05) is 0 Å². The molecule has 110 valence electrons. The number of anilines is 1. The molecule has 0 aliphatic carbocycles. The van der Waals surface area contributed by atoms with Gasteiger partial charge in [-0.25, -0.2) is 4.98 Å². The summed E-state index contributed by atoms with van der Waals surface area (Å²) in [7, 11) is 0. The number of nitrogens with zero attached hydrogens (tertiary/aromatic N) is 3. The van der Waals surface area contributed by atoms with Crippen molar-refractivity contribution in [2.75, 3.05) is 24.8 Å². The summed E-state index contributed by atoms with van der Waals surface area (Å²) in [6.07, 6.45) is 2.11. The van der Waals surface area contributed by atoms with E-state index in [0.29, 0.717) is 19.4 Å². The van der Waals surface area contributed by atoms with Crippen molar-refractivity contribution in [1.82, 2.24) is 9.55 Å². The summed E-state index contributed by atoms with van der Waals surface area (Å²) in [6, 6.07) is 6.63. The third-order valence-electron chi connectivity index (χ3n) is 3.95. The van der Waals surface area contributed by atoms with Gasteiger partial charge in [-0.3, -0.25) is 0 Å². The van der Waals surface area contributed by atoms with Crippen molar-refractivity contribution in [1.29, 1.82) is 0 Å². The third-order valence-corrected chi connectivity index (χ3v) is 4.62. The molecule has 1 aromatic carbocycles. The highest BCUT2D eigenvalue weighted by Gasteiger charge is 2.26. The van der Waals surface area contributed by atoms with Crippen LogP contribution >= 0.6 is 22.6 Å². The molecule has 1 fully saturated rings. The number of benzene rings is 1. The third kappa shape index (κ3) is 2.30. The fourth-order valence-corrected chi connectivity index (χ4v) is 3.27. The standard InChI is InChI=1S/C15H16IN3O2/c1-10-8-20-9-19(10)14-7-18-4-5-21-13-6-11(16)2-3-12(13)15(18)17-14/h2-3,6-7,10H,4-5,8-9H2,1H3/t10-/m1/s1. The van der Waals surface area contributed by atoms with Crippen LogP contribution in [0.25, 0.3) is 11.4 Å². The number of halogens is 1. The predicted octanol–water partition coefficient (Wildman–Crippen LogP) is 2.73. The van der Waals surface area contributed by atoms with E-state index in [1.807, 2.05) is 0 Å². The monoisotopic (exact) mass is 397 g/mol. The Labute approximate surface area is 137 Å². The molecule has 6 heteroatoms. The molecule has 0 saturated carbocycles. The second-order valence-corrected chi connectivity index (χ2v) is 6.67. The molecule has 2 aromatic rings. The van der Waals surface area contributed by atoms with Crippen LogP contribution in [0.2, 0.25) is 0 Å². The van der Waals surface area contributed by atoms with Gasteiger partial charge in [0.05, 0.1) is 24.8 Å². The average molecular weight is 397 g/mol. The van der Waals surface area contributed by atoms with E-state index in [-0.39, 0.29) is 0 Å². The van der Waals surface area contributed by atoms with Crippen molar-refractivity contribution >= 4 is 28.4 Å². The quantitative estimate of drug-likeness (QED) is 0.694. The van der Waals surface area contributed by atoms with E-state index in [4.69, 9.17) is 14.5 Å². The molecule has 2 aliphatic rings. The molecule has 21 heavy (non-hydrogen) atoms. The van der Waals surface area contributed by atoms with Gasteiger partial charge in [-0.2, -0.15) is 0 Å². The Kier molecular flexibility index (Phi) is 3.30. The number of rotatable bonds is 1. The van der Waals surface area contributed by atoms with Gasteiger partial charge in [0.15, 0.2) is 0 Å². The smallest absolute Gasteiger partial charge is 0.149 e. The average Bonchev–Trinajstić information content (AvgIpc) is 3.02. The molecule has 4 rings (SSSR count). The predicted molar refractivity (Wildman–Crippen MR) is 88.6 cm³/mol. The minimum absolute atomic E-state index is 0.372. The van der Waals surface area contributed by atoms with Gasteiger partial charge in [-0.05, 0) is 47.7 Å². The van der Waals surface area contributed by atoms with E-state index in [1.165, 1.54) is 3.57 Å². The van der Waals surface area contributed by atoms with Crippen molar-refractivity contribution in [3.8, 4) is 17.1 Å². The van der Waals surface area contributed by atoms with E-state index >= 15 is 0 Å². The Balaban J connectivity index is 1.80. The molecule has 5 nitrogen and oxygen atoms in total. The summed E-state index contributed by atoms with van der Waals surface area (Å²) in [5.41, 5.74) is 1.06. The van der Waals surface area contributed by atoms with Crippen LogP contribution < -0.4 is 9.64 Å². The van der Waals surface area contributed by atoms with E-state index < -0.39 is 0 Å². The van der Waals surface area contributed by atoms with Gasteiger partial charge in [0.1, 0.15) is 30.7 Å². The van der Waals surface area contributed by atoms with Crippen LogP contribution in [0.5, 0.6) is 5.75 Å². The normalized spacial score (nSPS) is 20.7. The lowest BCUT2D eigenvalue weighted by Crippen LogP contribution is -2.28. The van der Waals surface area contributed by atoms with Crippen LogP contribution in [0.1, 0.15) is 6.92 Å². The maximum absolute atomic E-state index is 5.85. The molecule has 1 aromatic heterocycles. The van der Waals surface area contributed by atoms with Crippen LogP contribution in [0.4, 0.5) is 5.82 Å². The molecular weight excluding hydrogens is 381 g/mol. The summed E-state index contributed by atoms with van der Waals surface area (Å²) in [4.78, 5) is 7.04. The number of fused-ring (bicyclic) bond motifs is 3. The van der Waals surface area contributed by atoms with Crippen molar-refractivity contribution < 1.29 is 9.47 Å². The van der Waals surface area contributed by atoms with Gasteiger partial charge in [-0.15, -0.1) is 0 Å². The van der Waals surface area contributed by atoms with E-state index in [0.717, 1.165) is 36.1 Å². The Morgan fingerprint density at radius 3 is 3.10 bits per heavy atom. The van der Waals surface area contributed by atoms with Gasteiger partial charge in [0.25, 0.3) is 0 Å². The molecule has 3 heterocycles. The maximum atomic E-state index is 5.85. The number of ether oxygens (including phenoxy) is 2. The number of imidazole rings is 1. The first-order chi connectivity index (χ1) is 10.2. The fourth-order valence-electron chi connectivity index (χ4n) is 2.81. The summed E-state index contributed by atoms with van der Waals surface area (Å²) in [5.74, 6) is 2.89. The Morgan fingerprint density at radius 2 is 2.29 bits per heavy atom. The molecule has 0 N–H and O–H groups in total. The minimum Gasteiger partial charge on any atom is -0.491 e. The first-order valence-corrected chi connectivity index (χ1v) is 8.14. The van der Waals surface area contributed by atoms with E-state index in [2.05, 4.69) is 63.4 Å². The molecule has 0 bridgehead atoms. The van der Waals surface area contributed by atoms with Crippen LogP contribution in [0.15, 0.2) is 24.4 Å². The van der Waals surface area contributed by atoms with Crippen molar-refractivity contribution in [3.63, 3.8) is 0 Å². The first-order valence-electron chi connectivity index (χ1n) is 7.06. The van der Waals surface area contributed by atoms with Crippen LogP contribution in [-0.2, 0) is 11.3 Å². The molecule has 0 spiro atoms. The molecule has 1 saturated heterocycles. The van der Waals surface area contributed by atoms with E-state index in [9.17, 15) is 0 Å². The zero-order valence-corrected chi connectivity index (χ0v) is 13.9. The topological polar surface area (TPSA) is 39.5 Å². The maximum Gasteiger partial charge on any atom is 0.149 e. The molecule has 0 amide bonds. The Hall–Kier alpha value is -1.28. The van der Waals surface area contributed by atoms with Gasteiger partial charge in [0.2, 0.25) is 0 Å². The van der Waals surface area contributed by atoms with Crippen LogP contribution in [-0.4, -0.2) is 35.5 Å². The lowest BCUT2D eigenvalue weighted by molar-refractivity contribution is 0.195. The van der Waals surface area contributed by atoms with Gasteiger partial charge >= 0.3 is 0 Å². The highest BCUT2D eigenvalue weighted by atomic mass is 127. The number of aromatic nitrogens is 2. The van der Waals surface area contributed by atoms with Gasteiger partial charge < -0.3 is 18.9 Å². The zero-order chi connectivity index (χ0) is 14.4. The fraction of sp³-hybridized carbons (Fsp3) is 0.400. The number of hydrogen-bond acceptors (Lipinski definition) is 4. The molecule has 1 atom stereocenters. The second-order valence-electron chi connectivity index (χ2n) is 5.42. The van der Waals surface area contributed by atoms with Crippen LogP contribution in [0, 0.1) is 3.57 Å². The molecule has 0 unspecified atom stereocenters. The Bertz CT molecular complexity index is 686. The highest BCUT2D eigenvalue weighted by Crippen LogP contribution is 2.35. The van der Waals surface area contributed by atoms with Gasteiger partial charge in [0, 0.05) is 9.77 Å². The summed E-state index contributed by atoms with van der Waals surface area (Å²) >= 11 is 2.30.